The van der Waals surface area contributed by atoms with Crippen molar-refractivity contribution in [1.82, 2.24) is 0 Å². The summed E-state index contributed by atoms with van der Waals surface area (Å²) in [5.41, 5.74) is -0.0294. The monoisotopic (exact) mass is 382 g/mol. The van der Waals surface area contributed by atoms with Crippen LogP contribution in [0.3, 0.4) is 0 Å². The van der Waals surface area contributed by atoms with Gasteiger partial charge in [-0.25, -0.2) is 4.79 Å². The zero-order chi connectivity index (χ0) is 20.3. The van der Waals surface area contributed by atoms with Gasteiger partial charge in [0.15, 0.2) is 12.7 Å². The van der Waals surface area contributed by atoms with E-state index in [-0.39, 0.29) is 5.91 Å². The maximum absolute atomic E-state index is 12.8. The molecule has 0 radical (unpaired) electrons. The van der Waals surface area contributed by atoms with Crippen LogP contribution in [0.1, 0.15) is 20.8 Å². The molecule has 0 saturated heterocycles. The molecule has 0 spiro atoms. The maximum Gasteiger partial charge on any atom is 0.347 e. The van der Waals surface area contributed by atoms with Gasteiger partial charge in [0, 0.05) is 0 Å². The van der Waals surface area contributed by atoms with E-state index in [0.717, 1.165) is 0 Å². The third-order valence-electron chi connectivity index (χ3n) is 4.48. The summed E-state index contributed by atoms with van der Waals surface area (Å²) < 4.78 is 10.7. The summed E-state index contributed by atoms with van der Waals surface area (Å²) in [6.07, 6.45) is -0.875. The fourth-order valence-corrected chi connectivity index (χ4v) is 2.96. The Morgan fingerprint density at radius 2 is 1.71 bits per heavy atom. The number of nitrogens with one attached hydrogen (secondary N) is 1. The lowest BCUT2D eigenvalue weighted by Crippen LogP contribution is -2.59. The lowest BCUT2D eigenvalue weighted by molar-refractivity contribution is -0.154. The highest BCUT2D eigenvalue weighted by Crippen LogP contribution is 2.36. The summed E-state index contributed by atoms with van der Waals surface area (Å²) in [5.74, 6) is -0.940. The van der Waals surface area contributed by atoms with Crippen LogP contribution in [0, 0.1) is 0 Å². The standard InChI is InChI=1S/C21H22N2O5/c1-14(28-15-9-5-4-6-10-15)19(25)27-13-18(24)23-17-12-8-7-11-16(17)22-20(26)21(23,2)3/h4-12,14H,13H2,1-3H3,(H,22,26)/t14-/m1/s1. The van der Waals surface area contributed by atoms with Crippen LogP contribution >= 0.6 is 0 Å². The van der Waals surface area contributed by atoms with Crippen molar-refractivity contribution in [2.45, 2.75) is 32.4 Å². The van der Waals surface area contributed by atoms with E-state index in [1.807, 2.05) is 6.07 Å². The molecule has 146 valence electrons. The van der Waals surface area contributed by atoms with Crippen molar-refractivity contribution in [2.75, 3.05) is 16.8 Å². The second-order valence-electron chi connectivity index (χ2n) is 6.94. The number of anilines is 2. The summed E-state index contributed by atoms with van der Waals surface area (Å²) in [5, 5.41) is 2.78. The SMILES string of the molecule is C[C@@H](Oc1ccccc1)C(=O)OCC(=O)N1c2ccccc2NC(=O)C1(C)C. The van der Waals surface area contributed by atoms with Gasteiger partial charge in [-0.3, -0.25) is 14.5 Å². The molecule has 0 bridgehead atoms. The normalized spacial score (nSPS) is 15.8. The molecule has 1 heterocycles. The first kappa shape index (κ1) is 19.4. The van der Waals surface area contributed by atoms with Crippen LogP contribution in [0.15, 0.2) is 54.6 Å². The number of nitrogens with zero attached hydrogens (tertiary/aromatic N) is 1. The van der Waals surface area contributed by atoms with Gasteiger partial charge in [0.1, 0.15) is 11.3 Å². The quantitative estimate of drug-likeness (QED) is 0.804. The molecule has 0 saturated carbocycles. The molecule has 1 atom stereocenters. The van der Waals surface area contributed by atoms with Gasteiger partial charge in [-0.1, -0.05) is 30.3 Å². The average Bonchev–Trinajstić information content (AvgIpc) is 2.67. The minimum atomic E-state index is -1.12. The number of hydrogen-bond donors (Lipinski definition) is 1. The Balaban J connectivity index is 1.68. The number of benzene rings is 2. The minimum absolute atomic E-state index is 0.313. The molecule has 2 aromatic carbocycles. The molecular formula is C21H22N2O5. The van der Waals surface area contributed by atoms with Gasteiger partial charge in [-0.2, -0.15) is 0 Å². The number of carbonyl (C=O) groups is 3. The van der Waals surface area contributed by atoms with Crippen molar-refractivity contribution in [1.29, 1.82) is 0 Å². The number of amides is 2. The van der Waals surface area contributed by atoms with E-state index in [9.17, 15) is 14.4 Å². The highest BCUT2D eigenvalue weighted by Gasteiger charge is 2.43. The van der Waals surface area contributed by atoms with Crippen LogP contribution in [-0.2, 0) is 19.1 Å². The maximum atomic E-state index is 12.8. The lowest BCUT2D eigenvalue weighted by Gasteiger charge is -2.41. The molecule has 7 heteroatoms. The van der Waals surface area contributed by atoms with Gasteiger partial charge in [0.05, 0.1) is 11.4 Å². The van der Waals surface area contributed by atoms with Gasteiger partial charge in [-0.15, -0.1) is 0 Å². The van der Waals surface area contributed by atoms with Crippen molar-refractivity contribution in [3.05, 3.63) is 54.6 Å². The van der Waals surface area contributed by atoms with Crippen molar-refractivity contribution < 1.29 is 23.9 Å². The number of para-hydroxylation sites is 3. The molecule has 2 aromatic rings. The molecule has 0 aliphatic carbocycles. The number of hydrogen-bond acceptors (Lipinski definition) is 5. The van der Waals surface area contributed by atoms with Crippen molar-refractivity contribution in [3.8, 4) is 5.75 Å². The van der Waals surface area contributed by atoms with Gasteiger partial charge in [0.25, 0.3) is 5.91 Å². The van der Waals surface area contributed by atoms with Crippen molar-refractivity contribution in [3.63, 3.8) is 0 Å². The Kier molecular flexibility index (Phi) is 5.35. The zero-order valence-electron chi connectivity index (χ0n) is 16.0. The number of ether oxygens (including phenoxy) is 2. The minimum Gasteiger partial charge on any atom is -0.479 e. The summed E-state index contributed by atoms with van der Waals surface area (Å²) in [4.78, 5) is 38.8. The molecule has 3 rings (SSSR count). The van der Waals surface area contributed by atoms with Crippen LogP contribution in [-0.4, -0.2) is 36.0 Å². The van der Waals surface area contributed by atoms with Crippen molar-refractivity contribution in [2.24, 2.45) is 0 Å². The number of rotatable bonds is 5. The lowest BCUT2D eigenvalue weighted by atomic mass is 9.96. The Morgan fingerprint density at radius 1 is 1.07 bits per heavy atom. The van der Waals surface area contributed by atoms with Crippen LogP contribution in [0.2, 0.25) is 0 Å². The topological polar surface area (TPSA) is 84.9 Å². The largest absolute Gasteiger partial charge is 0.479 e. The zero-order valence-corrected chi connectivity index (χ0v) is 16.0. The molecule has 1 aliphatic heterocycles. The average molecular weight is 382 g/mol. The fraction of sp³-hybridized carbons (Fsp3) is 0.286. The van der Waals surface area contributed by atoms with Gasteiger partial charge in [-0.05, 0) is 45.0 Å². The third kappa shape index (κ3) is 3.83. The van der Waals surface area contributed by atoms with Gasteiger partial charge < -0.3 is 14.8 Å². The number of fused-ring (bicyclic) bond motifs is 1. The molecule has 1 aliphatic rings. The number of esters is 1. The van der Waals surface area contributed by atoms with E-state index in [0.29, 0.717) is 17.1 Å². The van der Waals surface area contributed by atoms with E-state index >= 15 is 0 Å². The van der Waals surface area contributed by atoms with Crippen LogP contribution < -0.4 is 15.0 Å². The predicted octanol–water partition coefficient (Wildman–Crippen LogP) is 2.76. The first-order valence-corrected chi connectivity index (χ1v) is 8.92. The van der Waals surface area contributed by atoms with E-state index in [1.54, 1.807) is 69.3 Å². The summed E-state index contributed by atoms with van der Waals surface area (Å²) in [6, 6.07) is 15.8. The Bertz CT molecular complexity index is 895. The molecule has 28 heavy (non-hydrogen) atoms. The third-order valence-corrected chi connectivity index (χ3v) is 4.48. The Hall–Kier alpha value is -3.35. The predicted molar refractivity (Wildman–Crippen MR) is 104 cm³/mol. The second kappa shape index (κ2) is 7.72. The second-order valence-corrected chi connectivity index (χ2v) is 6.94. The van der Waals surface area contributed by atoms with Crippen LogP contribution in [0.4, 0.5) is 11.4 Å². The summed E-state index contributed by atoms with van der Waals surface area (Å²) >= 11 is 0. The molecule has 0 unspecified atom stereocenters. The first-order chi connectivity index (χ1) is 13.3. The molecule has 0 aromatic heterocycles. The van der Waals surface area contributed by atoms with E-state index in [4.69, 9.17) is 9.47 Å². The molecule has 0 fully saturated rings. The van der Waals surface area contributed by atoms with Gasteiger partial charge >= 0.3 is 5.97 Å². The molecule has 7 nitrogen and oxygen atoms in total. The number of carbonyl (C=O) groups excluding carboxylic acids is 3. The Morgan fingerprint density at radius 3 is 2.43 bits per heavy atom. The van der Waals surface area contributed by atoms with E-state index in [1.165, 1.54) is 4.90 Å². The Labute approximate surface area is 163 Å². The van der Waals surface area contributed by atoms with E-state index < -0.39 is 30.1 Å². The van der Waals surface area contributed by atoms with E-state index in [2.05, 4.69) is 5.32 Å². The van der Waals surface area contributed by atoms with Gasteiger partial charge in [0.2, 0.25) is 5.91 Å². The van der Waals surface area contributed by atoms with Crippen LogP contribution in [0.5, 0.6) is 5.75 Å². The molecule has 2 amide bonds. The fourth-order valence-electron chi connectivity index (χ4n) is 2.96. The molecule has 1 N–H and O–H groups in total. The smallest absolute Gasteiger partial charge is 0.347 e. The molecular weight excluding hydrogens is 360 g/mol. The summed E-state index contributed by atoms with van der Waals surface area (Å²) in [7, 11) is 0. The highest BCUT2D eigenvalue weighted by molar-refractivity contribution is 6.14. The van der Waals surface area contributed by atoms with Crippen LogP contribution in [0.25, 0.3) is 0 Å². The highest BCUT2D eigenvalue weighted by atomic mass is 16.6. The first-order valence-electron chi connectivity index (χ1n) is 8.92. The summed E-state index contributed by atoms with van der Waals surface area (Å²) in [6.45, 7) is 4.33. The van der Waals surface area contributed by atoms with Crippen molar-refractivity contribution >= 4 is 29.2 Å².